The maximum Gasteiger partial charge on any atom is 0.130 e. The van der Waals surface area contributed by atoms with Gasteiger partial charge in [-0.3, -0.25) is 5.10 Å². The summed E-state index contributed by atoms with van der Waals surface area (Å²) in [6.07, 6.45) is 3.69. The van der Waals surface area contributed by atoms with E-state index in [4.69, 9.17) is 14.1 Å². The van der Waals surface area contributed by atoms with E-state index in [1.165, 1.54) is 11.5 Å². The lowest BCUT2D eigenvalue weighted by molar-refractivity contribution is 0.0461. The number of morpholine rings is 1. The van der Waals surface area contributed by atoms with E-state index in [0.29, 0.717) is 13.2 Å². The summed E-state index contributed by atoms with van der Waals surface area (Å²) in [5.41, 5.74) is 3.63. The topological polar surface area (TPSA) is 87.2 Å². The van der Waals surface area contributed by atoms with Gasteiger partial charge in [0.1, 0.15) is 17.0 Å². The molecule has 1 atom stereocenters. The highest BCUT2D eigenvalue weighted by Gasteiger charge is 2.37. The van der Waals surface area contributed by atoms with Gasteiger partial charge in [-0.15, -0.1) is 0 Å². The van der Waals surface area contributed by atoms with Gasteiger partial charge < -0.3 is 14.7 Å². The van der Waals surface area contributed by atoms with Gasteiger partial charge in [0.05, 0.1) is 40.9 Å². The number of anilines is 1. The van der Waals surface area contributed by atoms with E-state index in [1.807, 2.05) is 13.0 Å². The smallest absolute Gasteiger partial charge is 0.130 e. The second-order valence-corrected chi connectivity index (χ2v) is 8.79. The Hall–Kier alpha value is -2.03. The molecule has 2 aliphatic rings. The molecule has 28 heavy (non-hydrogen) atoms. The third-order valence-corrected chi connectivity index (χ3v) is 6.84. The first-order valence-corrected chi connectivity index (χ1v) is 10.7. The van der Waals surface area contributed by atoms with Crippen molar-refractivity contribution in [2.24, 2.45) is 0 Å². The van der Waals surface area contributed by atoms with Crippen LogP contribution < -0.4 is 4.90 Å². The number of pyridine rings is 1. The van der Waals surface area contributed by atoms with Crippen molar-refractivity contribution in [2.75, 3.05) is 24.7 Å². The van der Waals surface area contributed by atoms with Crippen molar-refractivity contribution >= 4 is 27.6 Å². The van der Waals surface area contributed by atoms with Crippen LogP contribution in [-0.4, -0.2) is 50.5 Å². The fourth-order valence-electron chi connectivity index (χ4n) is 4.42. The molecule has 0 bridgehead atoms. The molecule has 2 fully saturated rings. The van der Waals surface area contributed by atoms with Gasteiger partial charge in [-0.2, -0.15) is 9.47 Å². The van der Waals surface area contributed by atoms with E-state index >= 15 is 0 Å². The van der Waals surface area contributed by atoms with Crippen molar-refractivity contribution < 1.29 is 9.84 Å². The summed E-state index contributed by atoms with van der Waals surface area (Å²) < 4.78 is 11.3. The number of fused-ring (bicyclic) bond motifs is 1. The predicted molar refractivity (Wildman–Crippen MR) is 110 cm³/mol. The molecule has 3 aromatic rings. The van der Waals surface area contributed by atoms with Gasteiger partial charge >= 0.3 is 0 Å². The first-order chi connectivity index (χ1) is 13.5. The molecule has 5 rings (SSSR count). The average Bonchev–Trinajstić information content (AvgIpc) is 3.41. The van der Waals surface area contributed by atoms with Crippen molar-refractivity contribution in [1.29, 1.82) is 0 Å². The van der Waals surface area contributed by atoms with Gasteiger partial charge in [0.2, 0.25) is 0 Å². The van der Waals surface area contributed by atoms with Crippen LogP contribution in [-0.2, 0) is 10.3 Å². The van der Waals surface area contributed by atoms with Crippen LogP contribution in [0, 0.1) is 6.92 Å². The summed E-state index contributed by atoms with van der Waals surface area (Å²) in [7, 11) is 0. The minimum Gasteiger partial charge on any atom is -0.385 e. The molecule has 1 saturated heterocycles. The van der Waals surface area contributed by atoms with E-state index in [0.717, 1.165) is 70.9 Å². The fraction of sp³-hybridized carbons (Fsp3) is 0.550. The first-order valence-electron chi connectivity index (χ1n) is 9.95. The molecular weight excluding hydrogens is 374 g/mol. The standard InChI is InChI=1S/C20H25N5O2S/c1-12-9-15(23-22-12)17-18-19(28-24-17)14(20(26)5-3-4-6-20)10-16(21-18)25-7-8-27-11-13(25)2/h9-10,13,26H,3-8,11H2,1-2H3,(H,22,23)/t13-/m1/s1. The molecule has 0 spiro atoms. The molecular formula is C20H25N5O2S. The fourth-order valence-corrected chi connectivity index (χ4v) is 5.36. The van der Waals surface area contributed by atoms with Crippen molar-refractivity contribution in [1.82, 2.24) is 19.6 Å². The largest absolute Gasteiger partial charge is 0.385 e. The molecule has 0 aromatic carbocycles. The highest BCUT2D eigenvalue weighted by Crippen LogP contribution is 2.45. The average molecular weight is 400 g/mol. The molecule has 1 aliphatic heterocycles. The van der Waals surface area contributed by atoms with Crippen molar-refractivity contribution in [2.45, 2.75) is 51.2 Å². The summed E-state index contributed by atoms with van der Waals surface area (Å²) in [6, 6.07) is 4.33. The number of aryl methyl sites for hydroxylation is 1. The Labute approximate surface area is 167 Å². The van der Waals surface area contributed by atoms with E-state index in [9.17, 15) is 5.11 Å². The van der Waals surface area contributed by atoms with Crippen LogP contribution in [0.4, 0.5) is 5.82 Å². The lowest BCUT2D eigenvalue weighted by Crippen LogP contribution is -2.44. The predicted octanol–water partition coefficient (Wildman–Crippen LogP) is 3.38. The number of H-pyrrole nitrogens is 1. The van der Waals surface area contributed by atoms with Crippen molar-refractivity contribution in [3.63, 3.8) is 0 Å². The Morgan fingerprint density at radius 3 is 2.86 bits per heavy atom. The van der Waals surface area contributed by atoms with E-state index in [1.54, 1.807) is 0 Å². The van der Waals surface area contributed by atoms with Gasteiger partial charge in [0.15, 0.2) is 0 Å². The lowest BCUT2D eigenvalue weighted by Gasteiger charge is -2.35. The monoisotopic (exact) mass is 399 g/mol. The molecule has 1 aliphatic carbocycles. The SMILES string of the molecule is Cc1cc(-c2nsc3c(C4(O)CCCC4)cc(N4CCOC[C@H]4C)nc23)[nH]n1. The number of hydrogen-bond donors (Lipinski definition) is 2. The van der Waals surface area contributed by atoms with Gasteiger partial charge in [0.25, 0.3) is 0 Å². The number of aliphatic hydroxyl groups is 1. The van der Waals surface area contributed by atoms with Crippen LogP contribution in [0.15, 0.2) is 12.1 Å². The third-order valence-electron chi connectivity index (χ3n) is 5.97. The second kappa shape index (κ2) is 6.79. The minimum atomic E-state index is -0.792. The number of aromatic nitrogens is 4. The van der Waals surface area contributed by atoms with Crippen molar-refractivity contribution in [3.05, 3.63) is 23.4 Å². The van der Waals surface area contributed by atoms with E-state index in [-0.39, 0.29) is 6.04 Å². The Morgan fingerprint density at radius 2 is 2.14 bits per heavy atom. The Balaban J connectivity index is 1.72. The summed E-state index contributed by atoms with van der Waals surface area (Å²) in [4.78, 5) is 7.30. The summed E-state index contributed by atoms with van der Waals surface area (Å²) >= 11 is 1.42. The zero-order valence-corrected chi connectivity index (χ0v) is 17.1. The van der Waals surface area contributed by atoms with Crippen LogP contribution in [0.2, 0.25) is 0 Å². The van der Waals surface area contributed by atoms with Crippen LogP contribution in [0.3, 0.4) is 0 Å². The van der Waals surface area contributed by atoms with E-state index < -0.39 is 5.60 Å². The van der Waals surface area contributed by atoms with Crippen molar-refractivity contribution in [3.8, 4) is 11.4 Å². The first kappa shape index (κ1) is 18.0. The molecule has 148 valence electrons. The zero-order chi connectivity index (χ0) is 19.3. The number of ether oxygens (including phenoxy) is 1. The molecule has 8 heteroatoms. The number of nitrogens with one attached hydrogen (secondary N) is 1. The molecule has 2 N–H and O–H groups in total. The summed E-state index contributed by atoms with van der Waals surface area (Å²) in [6.45, 7) is 6.29. The van der Waals surface area contributed by atoms with Crippen LogP contribution >= 0.6 is 11.5 Å². The normalized spacial score (nSPS) is 22.2. The molecule has 4 heterocycles. The molecule has 1 saturated carbocycles. The molecule has 7 nitrogen and oxygen atoms in total. The third kappa shape index (κ3) is 2.91. The highest BCUT2D eigenvalue weighted by atomic mass is 32.1. The quantitative estimate of drug-likeness (QED) is 0.702. The number of aromatic amines is 1. The number of hydrogen-bond acceptors (Lipinski definition) is 7. The van der Waals surface area contributed by atoms with Gasteiger partial charge in [-0.25, -0.2) is 4.98 Å². The van der Waals surface area contributed by atoms with Gasteiger partial charge in [0, 0.05) is 12.1 Å². The Kier molecular flexibility index (Phi) is 4.37. The zero-order valence-electron chi connectivity index (χ0n) is 16.2. The summed E-state index contributed by atoms with van der Waals surface area (Å²) in [5.74, 6) is 0.899. The van der Waals surface area contributed by atoms with Gasteiger partial charge in [-0.1, -0.05) is 12.8 Å². The minimum absolute atomic E-state index is 0.245. The highest BCUT2D eigenvalue weighted by molar-refractivity contribution is 7.13. The lowest BCUT2D eigenvalue weighted by atomic mass is 9.92. The molecule has 3 aromatic heterocycles. The maximum atomic E-state index is 11.4. The molecule has 0 unspecified atom stereocenters. The van der Waals surface area contributed by atoms with Crippen LogP contribution in [0.1, 0.15) is 43.9 Å². The second-order valence-electron chi connectivity index (χ2n) is 8.02. The Bertz CT molecular complexity index is 1010. The summed E-state index contributed by atoms with van der Waals surface area (Å²) in [5, 5.41) is 18.7. The number of nitrogens with zero attached hydrogens (tertiary/aromatic N) is 4. The van der Waals surface area contributed by atoms with Gasteiger partial charge in [-0.05, 0) is 50.4 Å². The van der Waals surface area contributed by atoms with Crippen LogP contribution in [0.25, 0.3) is 21.6 Å². The van der Waals surface area contributed by atoms with E-state index in [2.05, 4.69) is 28.1 Å². The van der Waals surface area contributed by atoms with Crippen LogP contribution in [0.5, 0.6) is 0 Å². The molecule has 0 radical (unpaired) electrons. The Morgan fingerprint density at radius 1 is 1.32 bits per heavy atom. The maximum absolute atomic E-state index is 11.4. The number of rotatable bonds is 3. The molecule has 0 amide bonds.